The number of nitrogens with one attached hydrogen (secondary N) is 1. The number of piperazine rings is 1. The highest BCUT2D eigenvalue weighted by Crippen LogP contribution is 2.25. The third kappa shape index (κ3) is 5.16. The Morgan fingerprint density at radius 2 is 1.67 bits per heavy atom. The van der Waals surface area contributed by atoms with Crippen molar-refractivity contribution in [2.24, 2.45) is 0 Å². The Kier molecular flexibility index (Phi) is 6.58. The zero-order valence-electron chi connectivity index (χ0n) is 16.2. The van der Waals surface area contributed by atoms with Crippen LogP contribution in [0.4, 0.5) is 10.5 Å². The molecule has 0 spiro atoms. The van der Waals surface area contributed by atoms with Crippen molar-refractivity contribution >= 4 is 11.7 Å². The van der Waals surface area contributed by atoms with E-state index in [2.05, 4.69) is 42.3 Å². The molecule has 2 aromatic rings. The molecule has 2 aromatic carbocycles. The Bertz CT molecular complexity index is 725. The number of para-hydroxylation sites is 2. The molecule has 1 aliphatic rings. The van der Waals surface area contributed by atoms with E-state index in [-0.39, 0.29) is 6.03 Å². The number of carbonyl (C=O) groups is 1. The molecule has 0 aliphatic carbocycles. The second-order valence-electron chi connectivity index (χ2n) is 7.08. The normalized spacial score (nSPS) is 14.3. The molecular weight excluding hydrogens is 338 g/mol. The van der Waals surface area contributed by atoms with Crippen molar-refractivity contribution < 1.29 is 9.53 Å². The molecule has 1 heterocycles. The van der Waals surface area contributed by atoms with Gasteiger partial charge in [0.2, 0.25) is 0 Å². The van der Waals surface area contributed by atoms with Gasteiger partial charge in [-0.25, -0.2) is 4.79 Å². The van der Waals surface area contributed by atoms with Crippen LogP contribution in [0, 0.1) is 0 Å². The van der Waals surface area contributed by atoms with E-state index in [1.165, 1.54) is 11.3 Å². The minimum absolute atomic E-state index is 0.0107. The van der Waals surface area contributed by atoms with Gasteiger partial charge in [-0.05, 0) is 29.7 Å². The van der Waals surface area contributed by atoms with Crippen LogP contribution in [0.2, 0.25) is 0 Å². The molecule has 5 heteroatoms. The van der Waals surface area contributed by atoms with Crippen molar-refractivity contribution in [3.63, 3.8) is 0 Å². The van der Waals surface area contributed by atoms with Crippen LogP contribution in [0.15, 0.2) is 54.6 Å². The van der Waals surface area contributed by atoms with Crippen LogP contribution in [0.25, 0.3) is 0 Å². The number of nitrogens with zero attached hydrogens (tertiary/aromatic N) is 2. The molecule has 1 saturated heterocycles. The largest absolute Gasteiger partial charge is 0.491 e. The average molecular weight is 367 g/mol. The van der Waals surface area contributed by atoms with Crippen molar-refractivity contribution in [2.75, 3.05) is 44.2 Å². The Morgan fingerprint density at radius 3 is 2.37 bits per heavy atom. The summed E-state index contributed by atoms with van der Waals surface area (Å²) in [6.45, 7) is 8.46. The molecule has 5 nitrogen and oxygen atoms in total. The van der Waals surface area contributed by atoms with Gasteiger partial charge in [0.15, 0.2) is 0 Å². The second kappa shape index (κ2) is 9.31. The first-order valence-corrected chi connectivity index (χ1v) is 9.69. The second-order valence-corrected chi connectivity index (χ2v) is 7.08. The van der Waals surface area contributed by atoms with E-state index >= 15 is 0 Å². The highest BCUT2D eigenvalue weighted by Gasteiger charge is 2.20. The van der Waals surface area contributed by atoms with Crippen molar-refractivity contribution in [3.8, 4) is 5.75 Å². The molecule has 1 aliphatic heterocycles. The lowest BCUT2D eigenvalue weighted by Crippen LogP contribution is -2.52. The Morgan fingerprint density at radius 1 is 1.00 bits per heavy atom. The predicted molar refractivity (Wildman–Crippen MR) is 110 cm³/mol. The molecule has 0 radical (unpaired) electrons. The Labute approximate surface area is 161 Å². The van der Waals surface area contributed by atoms with Crippen molar-refractivity contribution in [1.82, 2.24) is 10.2 Å². The number of rotatable bonds is 6. The summed E-state index contributed by atoms with van der Waals surface area (Å²) in [6, 6.07) is 18.4. The fourth-order valence-corrected chi connectivity index (χ4v) is 3.33. The molecule has 0 bridgehead atoms. The van der Waals surface area contributed by atoms with Gasteiger partial charge in [-0.15, -0.1) is 0 Å². The van der Waals surface area contributed by atoms with Crippen molar-refractivity contribution in [1.29, 1.82) is 0 Å². The number of hydrogen-bond donors (Lipinski definition) is 1. The van der Waals surface area contributed by atoms with Crippen LogP contribution in [-0.4, -0.2) is 50.3 Å². The number of urea groups is 1. The standard InChI is InChI=1S/C22H29N3O2/c1-18(2)20-10-6-7-11-21(20)27-17-12-23-22(26)25-15-13-24(14-16-25)19-8-4-3-5-9-19/h3-11,18H,12-17H2,1-2H3,(H,23,26). The summed E-state index contributed by atoms with van der Waals surface area (Å²) in [5.74, 6) is 1.31. The summed E-state index contributed by atoms with van der Waals surface area (Å²) in [4.78, 5) is 16.6. The van der Waals surface area contributed by atoms with Gasteiger partial charge in [-0.3, -0.25) is 0 Å². The molecule has 0 atom stereocenters. The highest BCUT2D eigenvalue weighted by atomic mass is 16.5. The first-order chi connectivity index (χ1) is 13.1. The third-order valence-corrected chi connectivity index (χ3v) is 4.87. The molecule has 0 saturated carbocycles. The molecule has 2 amide bonds. The number of anilines is 1. The van der Waals surface area contributed by atoms with Gasteiger partial charge in [0.05, 0.1) is 6.54 Å². The van der Waals surface area contributed by atoms with E-state index < -0.39 is 0 Å². The lowest BCUT2D eigenvalue weighted by Gasteiger charge is -2.36. The first kappa shape index (κ1) is 19.1. The maximum absolute atomic E-state index is 12.4. The molecule has 0 unspecified atom stereocenters. The monoisotopic (exact) mass is 367 g/mol. The summed E-state index contributed by atoms with van der Waals surface area (Å²) in [7, 11) is 0. The van der Waals surface area contributed by atoms with E-state index in [9.17, 15) is 4.79 Å². The third-order valence-electron chi connectivity index (χ3n) is 4.87. The smallest absolute Gasteiger partial charge is 0.317 e. The van der Waals surface area contributed by atoms with Crippen LogP contribution in [0.1, 0.15) is 25.3 Å². The van der Waals surface area contributed by atoms with E-state index in [1.54, 1.807) is 0 Å². The fraction of sp³-hybridized carbons (Fsp3) is 0.409. The summed E-state index contributed by atoms with van der Waals surface area (Å²) in [6.07, 6.45) is 0. The number of hydrogen-bond acceptors (Lipinski definition) is 3. The number of amides is 2. The number of carbonyl (C=O) groups excluding carboxylic acids is 1. The van der Waals surface area contributed by atoms with Gasteiger partial charge < -0.3 is 19.9 Å². The average Bonchev–Trinajstić information content (AvgIpc) is 2.72. The molecule has 1 N–H and O–H groups in total. The molecular formula is C22H29N3O2. The quantitative estimate of drug-likeness (QED) is 0.792. The van der Waals surface area contributed by atoms with Crippen LogP contribution in [-0.2, 0) is 0 Å². The summed E-state index contributed by atoms with van der Waals surface area (Å²) in [5.41, 5.74) is 2.41. The zero-order valence-corrected chi connectivity index (χ0v) is 16.2. The highest BCUT2D eigenvalue weighted by molar-refractivity contribution is 5.74. The maximum Gasteiger partial charge on any atom is 0.317 e. The summed E-state index contributed by atoms with van der Waals surface area (Å²) < 4.78 is 5.87. The van der Waals surface area contributed by atoms with Crippen molar-refractivity contribution in [3.05, 3.63) is 60.2 Å². The summed E-state index contributed by atoms with van der Waals surface area (Å²) in [5, 5.41) is 2.97. The van der Waals surface area contributed by atoms with Crippen LogP contribution >= 0.6 is 0 Å². The molecule has 0 aromatic heterocycles. The predicted octanol–water partition coefficient (Wildman–Crippen LogP) is 3.72. The van der Waals surface area contributed by atoms with Crippen LogP contribution in [0.3, 0.4) is 0 Å². The van der Waals surface area contributed by atoms with Crippen molar-refractivity contribution in [2.45, 2.75) is 19.8 Å². The minimum Gasteiger partial charge on any atom is -0.491 e. The van der Waals surface area contributed by atoms with Gasteiger partial charge in [0.1, 0.15) is 12.4 Å². The number of benzene rings is 2. The Hall–Kier alpha value is -2.69. The molecule has 27 heavy (non-hydrogen) atoms. The van der Waals surface area contributed by atoms with Gasteiger partial charge in [-0.2, -0.15) is 0 Å². The van der Waals surface area contributed by atoms with E-state index in [0.29, 0.717) is 19.1 Å². The van der Waals surface area contributed by atoms with Gasteiger partial charge >= 0.3 is 6.03 Å². The van der Waals surface area contributed by atoms with Gasteiger partial charge in [0, 0.05) is 31.9 Å². The molecule has 3 rings (SSSR count). The SMILES string of the molecule is CC(C)c1ccccc1OCCNC(=O)N1CCN(c2ccccc2)CC1. The molecule has 1 fully saturated rings. The van der Waals surface area contributed by atoms with Gasteiger partial charge in [0.25, 0.3) is 0 Å². The molecule has 144 valence electrons. The Balaban J connectivity index is 1.39. The first-order valence-electron chi connectivity index (χ1n) is 9.69. The zero-order chi connectivity index (χ0) is 19.1. The minimum atomic E-state index is -0.0107. The fourth-order valence-electron chi connectivity index (χ4n) is 3.33. The maximum atomic E-state index is 12.4. The lowest BCUT2D eigenvalue weighted by atomic mass is 10.0. The number of ether oxygens (including phenoxy) is 1. The topological polar surface area (TPSA) is 44.8 Å². The van der Waals surface area contributed by atoms with Gasteiger partial charge in [-0.1, -0.05) is 50.2 Å². The summed E-state index contributed by atoms with van der Waals surface area (Å²) >= 11 is 0. The van der Waals surface area contributed by atoms with Crippen LogP contribution in [0.5, 0.6) is 5.75 Å². The van der Waals surface area contributed by atoms with E-state index in [1.807, 2.05) is 41.3 Å². The lowest BCUT2D eigenvalue weighted by molar-refractivity contribution is 0.191. The van der Waals surface area contributed by atoms with E-state index in [4.69, 9.17) is 4.74 Å². The van der Waals surface area contributed by atoms with Crippen LogP contribution < -0.4 is 15.0 Å². The van der Waals surface area contributed by atoms with E-state index in [0.717, 1.165) is 31.9 Å².